The zero-order chi connectivity index (χ0) is 11.4. The number of hydrogen-bond acceptors (Lipinski definition) is 2. The molecular weight excluding hydrogens is 176 g/mol. The van der Waals surface area contributed by atoms with Crippen LogP contribution in [0.15, 0.2) is 0 Å². The summed E-state index contributed by atoms with van der Waals surface area (Å²) in [6, 6.07) is -0.113. The largest absolute Gasteiger partial charge is 0.354 e. The number of carbonyl (C=O) groups excluding carboxylic acids is 1. The number of hydrogen-bond donors (Lipinski definition) is 2. The van der Waals surface area contributed by atoms with Gasteiger partial charge in [0.15, 0.2) is 0 Å². The van der Waals surface area contributed by atoms with Crippen LogP contribution in [0, 0.1) is 11.3 Å². The van der Waals surface area contributed by atoms with Crippen molar-refractivity contribution in [3.05, 3.63) is 0 Å². The molecule has 0 aliphatic rings. The number of likely N-dealkylation sites (N-methyl/N-ethyl adjacent to an activating group) is 1. The van der Waals surface area contributed by atoms with E-state index < -0.39 is 0 Å². The molecule has 0 aromatic rings. The lowest BCUT2D eigenvalue weighted by atomic mass is 9.81. The number of rotatable bonds is 5. The van der Waals surface area contributed by atoms with E-state index in [1.54, 1.807) is 7.05 Å². The molecule has 3 heteroatoms. The summed E-state index contributed by atoms with van der Waals surface area (Å²) in [7, 11) is 1.79. The second-order valence-electron chi connectivity index (χ2n) is 4.87. The molecule has 0 aromatic carbocycles. The molecule has 0 aromatic heterocycles. The molecule has 0 saturated heterocycles. The van der Waals surface area contributed by atoms with E-state index in [-0.39, 0.29) is 17.4 Å². The smallest absolute Gasteiger partial charge is 0.236 e. The Morgan fingerprint density at radius 2 is 1.79 bits per heavy atom. The van der Waals surface area contributed by atoms with E-state index in [1.807, 2.05) is 6.92 Å². The molecule has 0 aliphatic heterocycles. The number of carbonyl (C=O) groups is 1. The fraction of sp³-hybridized carbons (Fsp3) is 0.909. The third kappa shape index (κ3) is 4.09. The first-order chi connectivity index (χ1) is 6.31. The third-order valence-electron chi connectivity index (χ3n) is 3.11. The Balaban J connectivity index is 4.00. The van der Waals surface area contributed by atoms with Gasteiger partial charge in [0, 0.05) is 6.54 Å². The summed E-state index contributed by atoms with van der Waals surface area (Å²) in [6.45, 7) is 11.3. The average molecular weight is 200 g/mol. The average Bonchev–Trinajstić information content (AvgIpc) is 2.12. The van der Waals surface area contributed by atoms with Gasteiger partial charge in [0.1, 0.15) is 0 Å². The van der Waals surface area contributed by atoms with Crippen molar-refractivity contribution >= 4 is 5.91 Å². The SMILES string of the molecule is CNC(C)C(=O)NCC(C)(C)C(C)C. The predicted molar refractivity (Wildman–Crippen MR) is 60.2 cm³/mol. The Morgan fingerprint density at radius 3 is 2.14 bits per heavy atom. The van der Waals surface area contributed by atoms with Gasteiger partial charge >= 0.3 is 0 Å². The number of nitrogens with one attached hydrogen (secondary N) is 2. The van der Waals surface area contributed by atoms with Crippen molar-refractivity contribution in [2.24, 2.45) is 11.3 Å². The van der Waals surface area contributed by atoms with Crippen molar-refractivity contribution in [2.75, 3.05) is 13.6 Å². The molecular formula is C11H24N2O. The molecule has 0 heterocycles. The molecule has 1 atom stereocenters. The molecule has 0 radical (unpaired) electrons. The Hall–Kier alpha value is -0.570. The van der Waals surface area contributed by atoms with Crippen molar-refractivity contribution in [1.82, 2.24) is 10.6 Å². The van der Waals surface area contributed by atoms with E-state index in [1.165, 1.54) is 0 Å². The predicted octanol–water partition coefficient (Wildman–Crippen LogP) is 1.39. The van der Waals surface area contributed by atoms with Crippen LogP contribution in [0.3, 0.4) is 0 Å². The van der Waals surface area contributed by atoms with Crippen LogP contribution in [-0.2, 0) is 4.79 Å². The second-order valence-corrected chi connectivity index (χ2v) is 4.87. The van der Waals surface area contributed by atoms with Crippen LogP contribution < -0.4 is 10.6 Å². The zero-order valence-corrected chi connectivity index (χ0v) is 10.3. The number of amides is 1. The van der Waals surface area contributed by atoms with Crippen molar-refractivity contribution in [3.63, 3.8) is 0 Å². The van der Waals surface area contributed by atoms with Gasteiger partial charge in [0.25, 0.3) is 0 Å². The van der Waals surface area contributed by atoms with Crippen molar-refractivity contribution in [1.29, 1.82) is 0 Å². The molecule has 1 unspecified atom stereocenters. The molecule has 0 aliphatic carbocycles. The minimum Gasteiger partial charge on any atom is -0.354 e. The van der Waals surface area contributed by atoms with Gasteiger partial charge in [-0.05, 0) is 25.3 Å². The first kappa shape index (κ1) is 13.4. The maximum Gasteiger partial charge on any atom is 0.236 e. The van der Waals surface area contributed by atoms with Gasteiger partial charge < -0.3 is 10.6 Å². The molecule has 2 N–H and O–H groups in total. The van der Waals surface area contributed by atoms with Gasteiger partial charge in [-0.25, -0.2) is 0 Å². The van der Waals surface area contributed by atoms with Crippen molar-refractivity contribution in [3.8, 4) is 0 Å². The molecule has 1 amide bonds. The highest BCUT2D eigenvalue weighted by atomic mass is 16.2. The molecule has 0 fully saturated rings. The molecule has 3 nitrogen and oxygen atoms in total. The van der Waals surface area contributed by atoms with Crippen LogP contribution in [0.5, 0.6) is 0 Å². The summed E-state index contributed by atoms with van der Waals surface area (Å²) >= 11 is 0. The van der Waals surface area contributed by atoms with Crippen LogP contribution >= 0.6 is 0 Å². The molecule has 0 saturated carbocycles. The van der Waals surface area contributed by atoms with E-state index in [9.17, 15) is 4.79 Å². The monoisotopic (exact) mass is 200 g/mol. The highest BCUT2D eigenvalue weighted by Crippen LogP contribution is 2.24. The first-order valence-corrected chi connectivity index (χ1v) is 5.26. The lowest BCUT2D eigenvalue weighted by Gasteiger charge is -2.29. The van der Waals surface area contributed by atoms with Gasteiger partial charge in [0.2, 0.25) is 5.91 Å². The van der Waals surface area contributed by atoms with E-state index in [2.05, 4.69) is 38.3 Å². The lowest BCUT2D eigenvalue weighted by molar-refractivity contribution is -0.123. The van der Waals surface area contributed by atoms with Crippen LogP contribution in [0.4, 0.5) is 0 Å². The van der Waals surface area contributed by atoms with Crippen LogP contribution in [0.2, 0.25) is 0 Å². The lowest BCUT2D eigenvalue weighted by Crippen LogP contribution is -2.45. The Kier molecular flexibility index (Phi) is 5.13. The molecule has 0 bridgehead atoms. The summed E-state index contributed by atoms with van der Waals surface area (Å²) in [5.41, 5.74) is 0.156. The summed E-state index contributed by atoms with van der Waals surface area (Å²) in [5.74, 6) is 0.633. The van der Waals surface area contributed by atoms with Crippen LogP contribution in [0.1, 0.15) is 34.6 Å². The highest BCUT2D eigenvalue weighted by molar-refractivity contribution is 5.81. The van der Waals surface area contributed by atoms with E-state index in [0.29, 0.717) is 5.92 Å². The van der Waals surface area contributed by atoms with Gasteiger partial charge in [-0.1, -0.05) is 27.7 Å². The normalized spacial score (nSPS) is 14.2. The summed E-state index contributed by atoms with van der Waals surface area (Å²) in [4.78, 5) is 11.5. The van der Waals surface area contributed by atoms with Gasteiger partial charge in [0.05, 0.1) is 6.04 Å². The van der Waals surface area contributed by atoms with E-state index in [0.717, 1.165) is 6.54 Å². The second kappa shape index (κ2) is 5.35. The maximum atomic E-state index is 11.5. The third-order valence-corrected chi connectivity index (χ3v) is 3.11. The Labute approximate surface area is 87.6 Å². The van der Waals surface area contributed by atoms with Crippen molar-refractivity contribution < 1.29 is 4.79 Å². The van der Waals surface area contributed by atoms with Gasteiger partial charge in [-0.15, -0.1) is 0 Å². The van der Waals surface area contributed by atoms with E-state index >= 15 is 0 Å². The highest BCUT2D eigenvalue weighted by Gasteiger charge is 2.23. The van der Waals surface area contributed by atoms with Crippen LogP contribution in [0.25, 0.3) is 0 Å². The van der Waals surface area contributed by atoms with Crippen molar-refractivity contribution in [2.45, 2.75) is 40.7 Å². The first-order valence-electron chi connectivity index (χ1n) is 5.26. The fourth-order valence-corrected chi connectivity index (χ4v) is 0.803. The summed E-state index contributed by atoms with van der Waals surface area (Å²) < 4.78 is 0. The quantitative estimate of drug-likeness (QED) is 0.704. The summed E-state index contributed by atoms with van der Waals surface area (Å²) in [5, 5.41) is 5.87. The molecule has 0 spiro atoms. The van der Waals surface area contributed by atoms with Crippen LogP contribution in [-0.4, -0.2) is 25.5 Å². The van der Waals surface area contributed by atoms with E-state index in [4.69, 9.17) is 0 Å². The standard InChI is InChI=1S/C11H24N2O/c1-8(2)11(4,5)7-13-10(14)9(3)12-6/h8-9,12H,7H2,1-6H3,(H,13,14). The maximum absolute atomic E-state index is 11.5. The van der Waals surface area contributed by atoms with Gasteiger partial charge in [-0.3, -0.25) is 4.79 Å². The fourth-order valence-electron chi connectivity index (χ4n) is 0.803. The Morgan fingerprint density at radius 1 is 1.29 bits per heavy atom. The van der Waals surface area contributed by atoms with Gasteiger partial charge in [-0.2, -0.15) is 0 Å². The molecule has 0 rings (SSSR count). The Bertz CT molecular complexity index is 188. The summed E-state index contributed by atoms with van der Waals surface area (Å²) in [6.07, 6.45) is 0. The zero-order valence-electron chi connectivity index (χ0n) is 10.3. The molecule has 14 heavy (non-hydrogen) atoms. The minimum atomic E-state index is -0.113. The minimum absolute atomic E-state index is 0.0706. The molecule has 84 valence electrons. The topological polar surface area (TPSA) is 41.1 Å².